The van der Waals surface area contributed by atoms with Gasteiger partial charge in [0.05, 0.1) is 12.2 Å². The van der Waals surface area contributed by atoms with E-state index in [9.17, 15) is 22.8 Å². The number of ether oxygens (including phenoxy) is 1. The monoisotopic (exact) mass is 249 g/mol. The summed E-state index contributed by atoms with van der Waals surface area (Å²) in [5, 5.41) is 0. The number of esters is 1. The van der Waals surface area contributed by atoms with E-state index in [0.29, 0.717) is 0 Å². The van der Waals surface area contributed by atoms with Crippen LogP contribution in [-0.2, 0) is 10.9 Å². The van der Waals surface area contributed by atoms with Crippen molar-refractivity contribution in [2.24, 2.45) is 0 Å². The van der Waals surface area contributed by atoms with Crippen LogP contribution < -0.4 is 5.56 Å². The van der Waals surface area contributed by atoms with Crippen molar-refractivity contribution in [2.75, 3.05) is 6.61 Å². The average Bonchev–Trinajstić information content (AvgIpc) is 2.19. The number of carbonyl (C=O) groups is 1. The Hall–Kier alpha value is -1.79. The topological polar surface area (TPSA) is 59.2 Å². The lowest BCUT2D eigenvalue weighted by Crippen LogP contribution is -2.27. The molecule has 7 heteroatoms. The van der Waals surface area contributed by atoms with Crippen LogP contribution in [0.15, 0.2) is 11.0 Å². The number of alkyl halides is 3. The van der Waals surface area contributed by atoms with Crippen LogP contribution in [0.4, 0.5) is 13.2 Å². The van der Waals surface area contributed by atoms with Crippen molar-refractivity contribution < 1.29 is 22.7 Å². The predicted octanol–water partition coefficient (Wildman–Crippen LogP) is 1.88. The van der Waals surface area contributed by atoms with E-state index >= 15 is 0 Å². The van der Waals surface area contributed by atoms with E-state index < -0.39 is 28.8 Å². The largest absolute Gasteiger partial charge is 0.462 e. The molecule has 0 saturated heterocycles. The Kier molecular flexibility index (Phi) is 3.59. The van der Waals surface area contributed by atoms with Crippen LogP contribution in [0.25, 0.3) is 0 Å². The summed E-state index contributed by atoms with van der Waals surface area (Å²) in [7, 11) is 0. The van der Waals surface area contributed by atoms with Crippen molar-refractivity contribution in [1.29, 1.82) is 0 Å². The number of H-pyrrole nitrogens is 1. The minimum atomic E-state index is -4.78. The highest BCUT2D eigenvalue weighted by Crippen LogP contribution is 2.33. The fourth-order valence-electron chi connectivity index (χ4n) is 1.39. The zero-order chi connectivity index (χ0) is 13.2. The fourth-order valence-corrected chi connectivity index (χ4v) is 1.39. The number of rotatable bonds is 2. The molecule has 94 valence electrons. The number of hydrogen-bond acceptors (Lipinski definition) is 3. The van der Waals surface area contributed by atoms with Crippen LogP contribution in [-0.4, -0.2) is 17.6 Å². The summed E-state index contributed by atoms with van der Waals surface area (Å²) in [6.45, 7) is 2.49. The fraction of sp³-hybridized carbons (Fsp3) is 0.400. The van der Waals surface area contributed by atoms with Crippen LogP contribution in [0, 0.1) is 6.92 Å². The van der Waals surface area contributed by atoms with Crippen LogP contribution in [0.5, 0.6) is 0 Å². The lowest BCUT2D eigenvalue weighted by atomic mass is 10.0. The minimum absolute atomic E-state index is 0.108. The highest BCUT2D eigenvalue weighted by atomic mass is 19.4. The van der Waals surface area contributed by atoms with E-state index in [2.05, 4.69) is 9.72 Å². The SMILES string of the molecule is CCOC(=O)c1c(C(F)(F)F)c(C)c[nH]c1=O. The highest BCUT2D eigenvalue weighted by Gasteiger charge is 2.39. The number of hydrogen-bond donors (Lipinski definition) is 1. The molecule has 0 bridgehead atoms. The van der Waals surface area contributed by atoms with Crippen molar-refractivity contribution in [1.82, 2.24) is 4.98 Å². The molecule has 1 rings (SSSR count). The Labute approximate surface area is 94.4 Å². The van der Waals surface area contributed by atoms with Crippen LogP contribution in [0.3, 0.4) is 0 Å². The Bertz CT molecular complexity index is 491. The van der Waals surface area contributed by atoms with Gasteiger partial charge in [-0.2, -0.15) is 13.2 Å². The molecule has 0 atom stereocenters. The van der Waals surface area contributed by atoms with Crippen LogP contribution in [0.1, 0.15) is 28.4 Å². The molecule has 0 saturated carbocycles. The lowest BCUT2D eigenvalue weighted by molar-refractivity contribution is -0.138. The smallest absolute Gasteiger partial charge is 0.417 e. The number of carbonyl (C=O) groups excluding carboxylic acids is 1. The van der Waals surface area contributed by atoms with Gasteiger partial charge < -0.3 is 9.72 Å². The second kappa shape index (κ2) is 4.60. The van der Waals surface area contributed by atoms with E-state index in [1.54, 1.807) is 0 Å². The second-order valence-electron chi connectivity index (χ2n) is 3.27. The average molecular weight is 249 g/mol. The van der Waals surface area contributed by atoms with Gasteiger partial charge in [0, 0.05) is 6.20 Å². The third-order valence-corrected chi connectivity index (χ3v) is 2.05. The number of halogens is 3. The van der Waals surface area contributed by atoms with Crippen molar-refractivity contribution in [2.45, 2.75) is 20.0 Å². The Balaban J connectivity index is 3.52. The third kappa shape index (κ3) is 2.66. The molecule has 1 heterocycles. The normalized spacial score (nSPS) is 11.4. The van der Waals surface area contributed by atoms with Gasteiger partial charge in [-0.15, -0.1) is 0 Å². The molecule has 1 aromatic heterocycles. The van der Waals surface area contributed by atoms with Gasteiger partial charge in [0.25, 0.3) is 5.56 Å². The van der Waals surface area contributed by atoms with Crippen molar-refractivity contribution in [3.05, 3.63) is 33.2 Å². The first kappa shape index (κ1) is 13.3. The van der Waals surface area contributed by atoms with Crippen LogP contribution in [0.2, 0.25) is 0 Å². The lowest BCUT2D eigenvalue weighted by Gasteiger charge is -2.13. The van der Waals surface area contributed by atoms with Crippen molar-refractivity contribution in [3.8, 4) is 0 Å². The van der Waals surface area contributed by atoms with Gasteiger partial charge in [-0.1, -0.05) is 0 Å². The summed E-state index contributed by atoms with van der Waals surface area (Å²) in [6.07, 6.45) is -3.87. The first-order valence-electron chi connectivity index (χ1n) is 4.75. The highest BCUT2D eigenvalue weighted by molar-refractivity contribution is 5.91. The summed E-state index contributed by atoms with van der Waals surface area (Å²) in [4.78, 5) is 24.7. The third-order valence-electron chi connectivity index (χ3n) is 2.05. The summed E-state index contributed by atoms with van der Waals surface area (Å²) in [5.41, 5.74) is -3.60. The quantitative estimate of drug-likeness (QED) is 0.814. The molecule has 0 radical (unpaired) electrons. The Morgan fingerprint density at radius 3 is 2.53 bits per heavy atom. The van der Waals surface area contributed by atoms with Gasteiger partial charge in [0.1, 0.15) is 5.56 Å². The zero-order valence-electron chi connectivity index (χ0n) is 9.14. The number of aromatic nitrogens is 1. The van der Waals surface area contributed by atoms with E-state index in [4.69, 9.17) is 0 Å². The molecule has 4 nitrogen and oxygen atoms in total. The van der Waals surface area contributed by atoms with E-state index in [-0.39, 0.29) is 12.2 Å². The van der Waals surface area contributed by atoms with Gasteiger partial charge >= 0.3 is 12.1 Å². The van der Waals surface area contributed by atoms with Gasteiger partial charge in [-0.05, 0) is 19.4 Å². The van der Waals surface area contributed by atoms with E-state index in [0.717, 1.165) is 13.1 Å². The summed E-state index contributed by atoms with van der Waals surface area (Å²) in [6, 6.07) is 0. The number of aromatic amines is 1. The molecule has 0 aliphatic rings. The molecular weight excluding hydrogens is 239 g/mol. The van der Waals surface area contributed by atoms with E-state index in [1.807, 2.05) is 0 Å². The summed E-state index contributed by atoms with van der Waals surface area (Å²) >= 11 is 0. The first-order valence-corrected chi connectivity index (χ1v) is 4.75. The van der Waals surface area contributed by atoms with Gasteiger partial charge in [-0.25, -0.2) is 4.79 Å². The molecule has 0 aliphatic carbocycles. The molecule has 17 heavy (non-hydrogen) atoms. The standard InChI is InChI=1S/C10H10F3NO3/c1-3-17-9(16)6-7(10(11,12)13)5(2)4-14-8(6)15/h4H,3H2,1-2H3,(H,14,15). The molecule has 0 fully saturated rings. The summed E-state index contributed by atoms with van der Waals surface area (Å²) < 4.78 is 42.6. The molecule has 1 N–H and O–H groups in total. The molecule has 0 aromatic carbocycles. The summed E-state index contributed by atoms with van der Waals surface area (Å²) in [5.74, 6) is -1.27. The minimum Gasteiger partial charge on any atom is -0.462 e. The maximum absolute atomic E-state index is 12.7. The van der Waals surface area contributed by atoms with Crippen LogP contribution >= 0.6 is 0 Å². The molecule has 1 aromatic rings. The maximum atomic E-state index is 12.7. The second-order valence-corrected chi connectivity index (χ2v) is 3.27. The van der Waals surface area contributed by atoms with E-state index in [1.165, 1.54) is 6.92 Å². The number of aryl methyl sites for hydroxylation is 1. The Morgan fingerprint density at radius 1 is 1.47 bits per heavy atom. The molecule has 0 spiro atoms. The predicted molar refractivity (Wildman–Crippen MR) is 52.8 cm³/mol. The van der Waals surface area contributed by atoms with Crippen molar-refractivity contribution in [3.63, 3.8) is 0 Å². The number of nitrogens with one attached hydrogen (secondary N) is 1. The first-order chi connectivity index (χ1) is 7.79. The van der Waals surface area contributed by atoms with Gasteiger partial charge in [0.2, 0.25) is 0 Å². The Morgan fingerprint density at radius 2 is 2.06 bits per heavy atom. The van der Waals surface area contributed by atoms with Gasteiger partial charge in [0.15, 0.2) is 0 Å². The molecule has 0 amide bonds. The molecular formula is C10H10F3NO3. The van der Waals surface area contributed by atoms with Gasteiger partial charge in [-0.3, -0.25) is 4.79 Å². The van der Waals surface area contributed by atoms with Crippen molar-refractivity contribution >= 4 is 5.97 Å². The maximum Gasteiger partial charge on any atom is 0.417 e. The molecule has 0 aliphatic heterocycles. The number of pyridine rings is 1. The zero-order valence-corrected chi connectivity index (χ0v) is 9.14. The molecule has 0 unspecified atom stereocenters.